The lowest BCUT2D eigenvalue weighted by molar-refractivity contribution is -0.142. The van der Waals surface area contributed by atoms with Gasteiger partial charge in [-0.3, -0.25) is 4.79 Å². The molecule has 1 aromatic heterocycles. The fourth-order valence-electron chi connectivity index (χ4n) is 2.14. The third kappa shape index (κ3) is 6.17. The minimum atomic E-state index is -0.522. The molecule has 0 radical (unpaired) electrons. The summed E-state index contributed by atoms with van der Waals surface area (Å²) >= 11 is 1.45. The Morgan fingerprint density at radius 3 is 2.76 bits per heavy atom. The number of amides is 1. The Morgan fingerprint density at radius 2 is 2.08 bits per heavy atom. The van der Waals surface area contributed by atoms with Crippen molar-refractivity contribution in [3.05, 3.63) is 57.8 Å². The predicted octanol–water partition coefficient (Wildman–Crippen LogP) is 2.90. The van der Waals surface area contributed by atoms with Gasteiger partial charge in [-0.2, -0.15) is 0 Å². The number of ether oxygens (including phenoxy) is 2. The average Bonchev–Trinajstić information content (AvgIpc) is 3.12. The van der Waals surface area contributed by atoms with Gasteiger partial charge in [-0.1, -0.05) is 35.9 Å². The first-order valence-corrected chi connectivity index (χ1v) is 8.73. The molecule has 0 fully saturated rings. The van der Waals surface area contributed by atoms with E-state index < -0.39 is 5.97 Å². The molecule has 1 aromatic carbocycles. The number of methoxy groups -OCH3 is 1. The molecule has 5 nitrogen and oxygen atoms in total. The Bertz CT molecular complexity index is 738. The normalized spacial score (nSPS) is 11.2. The molecule has 25 heavy (non-hydrogen) atoms. The monoisotopic (exact) mass is 359 g/mol. The Labute approximate surface area is 151 Å². The molecule has 132 valence electrons. The maximum Gasteiger partial charge on any atom is 0.340 e. The van der Waals surface area contributed by atoms with Gasteiger partial charge >= 0.3 is 5.97 Å². The second-order valence-electron chi connectivity index (χ2n) is 5.37. The van der Waals surface area contributed by atoms with Gasteiger partial charge in [0.2, 0.25) is 0 Å². The molecule has 6 heteroatoms. The van der Waals surface area contributed by atoms with Gasteiger partial charge in [0.15, 0.2) is 6.61 Å². The summed E-state index contributed by atoms with van der Waals surface area (Å²) in [6.45, 7) is 2.46. The van der Waals surface area contributed by atoms with E-state index in [1.807, 2.05) is 48.7 Å². The molecule has 1 amide bonds. The molecule has 2 rings (SSSR count). The number of thiophene rings is 1. The van der Waals surface area contributed by atoms with E-state index in [4.69, 9.17) is 9.47 Å². The molecule has 0 saturated carbocycles. The van der Waals surface area contributed by atoms with E-state index >= 15 is 0 Å². The molecule has 2 aromatic rings. The van der Waals surface area contributed by atoms with Crippen LogP contribution < -0.4 is 5.32 Å². The van der Waals surface area contributed by atoms with Gasteiger partial charge in [-0.25, -0.2) is 4.79 Å². The van der Waals surface area contributed by atoms with Crippen LogP contribution in [0.2, 0.25) is 0 Å². The number of hydrogen-bond acceptors (Lipinski definition) is 5. The standard InChI is InChI=1S/C19H21NO4S/c1-14-5-3-6-15(11-14)12-16(17-7-4-10-25-17)19(22)24-13-18(21)20-8-9-23-2/h3-7,10-12H,8-9,13H2,1-2H3,(H,20,21)/b16-12+. The topological polar surface area (TPSA) is 64.6 Å². The Hall–Kier alpha value is -2.44. The third-order valence-electron chi connectivity index (χ3n) is 3.32. The van der Waals surface area contributed by atoms with Crippen molar-refractivity contribution in [1.29, 1.82) is 0 Å². The number of benzene rings is 1. The van der Waals surface area contributed by atoms with Gasteiger partial charge in [0, 0.05) is 18.5 Å². The van der Waals surface area contributed by atoms with Crippen LogP contribution >= 0.6 is 11.3 Å². The van der Waals surface area contributed by atoms with Crippen molar-refractivity contribution in [3.8, 4) is 0 Å². The Kier molecular flexibility index (Phi) is 7.37. The highest BCUT2D eigenvalue weighted by Gasteiger charge is 2.16. The fraction of sp³-hybridized carbons (Fsp3) is 0.263. The van der Waals surface area contributed by atoms with Crippen LogP contribution in [0.25, 0.3) is 11.6 Å². The maximum atomic E-state index is 12.5. The largest absolute Gasteiger partial charge is 0.452 e. The average molecular weight is 359 g/mol. The molecule has 0 bridgehead atoms. The second kappa shape index (κ2) is 9.76. The molecule has 0 aliphatic heterocycles. The molecule has 0 aliphatic rings. The Balaban J connectivity index is 2.08. The van der Waals surface area contributed by atoms with E-state index in [1.54, 1.807) is 13.2 Å². The van der Waals surface area contributed by atoms with Crippen LogP contribution in [0.1, 0.15) is 16.0 Å². The van der Waals surface area contributed by atoms with E-state index in [9.17, 15) is 9.59 Å². The van der Waals surface area contributed by atoms with E-state index in [0.29, 0.717) is 18.7 Å². The number of carbonyl (C=O) groups is 2. The van der Waals surface area contributed by atoms with Gasteiger partial charge in [-0.15, -0.1) is 11.3 Å². The summed E-state index contributed by atoms with van der Waals surface area (Å²) in [5.41, 5.74) is 2.44. The van der Waals surface area contributed by atoms with Crippen molar-refractivity contribution in [1.82, 2.24) is 5.32 Å². The quantitative estimate of drug-likeness (QED) is 0.447. The maximum absolute atomic E-state index is 12.5. The predicted molar refractivity (Wildman–Crippen MR) is 99.2 cm³/mol. The number of nitrogens with one attached hydrogen (secondary N) is 1. The lowest BCUT2D eigenvalue weighted by atomic mass is 10.1. The summed E-state index contributed by atoms with van der Waals surface area (Å²) in [4.78, 5) is 24.9. The Morgan fingerprint density at radius 1 is 1.24 bits per heavy atom. The lowest BCUT2D eigenvalue weighted by Crippen LogP contribution is -2.31. The molecule has 0 atom stereocenters. The van der Waals surface area contributed by atoms with E-state index in [1.165, 1.54) is 11.3 Å². The second-order valence-corrected chi connectivity index (χ2v) is 6.32. The molecule has 0 spiro atoms. The van der Waals surface area contributed by atoms with Crippen molar-refractivity contribution < 1.29 is 19.1 Å². The van der Waals surface area contributed by atoms with Crippen molar-refractivity contribution in [2.45, 2.75) is 6.92 Å². The number of aryl methyl sites for hydroxylation is 1. The molecule has 0 aliphatic carbocycles. The zero-order chi connectivity index (χ0) is 18.1. The molecule has 1 N–H and O–H groups in total. The highest BCUT2D eigenvalue weighted by atomic mass is 32.1. The number of carbonyl (C=O) groups excluding carboxylic acids is 2. The summed E-state index contributed by atoms with van der Waals surface area (Å²) < 4.78 is 10.0. The number of hydrogen-bond donors (Lipinski definition) is 1. The van der Waals surface area contributed by atoms with Gasteiger partial charge in [0.05, 0.1) is 12.2 Å². The van der Waals surface area contributed by atoms with Crippen molar-refractivity contribution in [2.75, 3.05) is 26.9 Å². The van der Waals surface area contributed by atoms with Gasteiger partial charge in [-0.05, 0) is 30.0 Å². The molecule has 1 heterocycles. The zero-order valence-electron chi connectivity index (χ0n) is 14.3. The van der Waals surface area contributed by atoms with E-state index in [-0.39, 0.29) is 12.5 Å². The minimum Gasteiger partial charge on any atom is -0.452 e. The highest BCUT2D eigenvalue weighted by molar-refractivity contribution is 7.11. The lowest BCUT2D eigenvalue weighted by Gasteiger charge is -2.08. The van der Waals surface area contributed by atoms with Gasteiger partial charge in [0.25, 0.3) is 5.91 Å². The minimum absolute atomic E-state index is 0.320. The summed E-state index contributed by atoms with van der Waals surface area (Å²) in [6, 6.07) is 11.6. The SMILES string of the molecule is COCCNC(=O)COC(=O)/C(=C/c1cccc(C)c1)c1cccs1. The summed E-state index contributed by atoms with van der Waals surface area (Å²) in [5.74, 6) is -0.877. The number of rotatable bonds is 8. The zero-order valence-corrected chi connectivity index (χ0v) is 15.1. The van der Waals surface area contributed by atoms with Crippen LogP contribution in [-0.2, 0) is 19.1 Å². The molecular formula is C19H21NO4S. The van der Waals surface area contributed by atoms with Gasteiger partial charge in [0.1, 0.15) is 0 Å². The van der Waals surface area contributed by atoms with Crippen LogP contribution in [0.4, 0.5) is 0 Å². The summed E-state index contributed by atoms with van der Waals surface area (Å²) in [7, 11) is 1.55. The van der Waals surface area contributed by atoms with Crippen LogP contribution in [-0.4, -0.2) is 38.7 Å². The molecule has 0 unspecified atom stereocenters. The van der Waals surface area contributed by atoms with Crippen LogP contribution in [0.5, 0.6) is 0 Å². The van der Waals surface area contributed by atoms with Gasteiger partial charge < -0.3 is 14.8 Å². The summed E-state index contributed by atoms with van der Waals surface area (Å²) in [6.07, 6.45) is 1.78. The number of esters is 1. The van der Waals surface area contributed by atoms with Crippen LogP contribution in [0, 0.1) is 6.92 Å². The highest BCUT2D eigenvalue weighted by Crippen LogP contribution is 2.24. The molecular weight excluding hydrogens is 338 g/mol. The summed E-state index contributed by atoms with van der Waals surface area (Å²) in [5, 5.41) is 4.50. The van der Waals surface area contributed by atoms with Crippen molar-refractivity contribution in [3.63, 3.8) is 0 Å². The smallest absolute Gasteiger partial charge is 0.340 e. The van der Waals surface area contributed by atoms with Crippen LogP contribution in [0.3, 0.4) is 0 Å². The third-order valence-corrected chi connectivity index (χ3v) is 4.23. The first kappa shape index (κ1) is 18.9. The van der Waals surface area contributed by atoms with Crippen molar-refractivity contribution in [2.24, 2.45) is 0 Å². The van der Waals surface area contributed by atoms with E-state index in [2.05, 4.69) is 5.32 Å². The van der Waals surface area contributed by atoms with E-state index in [0.717, 1.165) is 16.0 Å². The first-order chi connectivity index (χ1) is 12.1. The van der Waals surface area contributed by atoms with Crippen molar-refractivity contribution >= 4 is 34.9 Å². The first-order valence-electron chi connectivity index (χ1n) is 7.85. The van der Waals surface area contributed by atoms with Crippen LogP contribution in [0.15, 0.2) is 41.8 Å². The molecule has 0 saturated heterocycles. The fourth-order valence-corrected chi connectivity index (χ4v) is 2.87.